The van der Waals surface area contributed by atoms with Crippen LogP contribution in [0.1, 0.15) is 0 Å². The number of halogens is 1. The molecule has 2 aromatic carbocycles. The van der Waals surface area contributed by atoms with Gasteiger partial charge in [0.2, 0.25) is 0 Å². The fraction of sp³-hybridized carbons (Fsp3) is 0. The minimum Gasteiger partial charge on any atom is -0.379 e. The van der Waals surface area contributed by atoms with E-state index in [9.17, 15) is 8.42 Å². The molecule has 1 heterocycles. The number of hydrogen-bond donors (Lipinski definition) is 0. The highest BCUT2D eigenvalue weighted by Gasteiger charge is 2.19. The molecule has 0 bridgehead atoms. The highest BCUT2D eigenvalue weighted by molar-refractivity contribution is 9.10. The Hall–Kier alpha value is -2.12. The topological polar surface area (TPSA) is 61.2 Å². The molecule has 0 spiro atoms. The minimum absolute atomic E-state index is 0.0890. The lowest BCUT2D eigenvalue weighted by molar-refractivity contribution is 0.485. The van der Waals surface area contributed by atoms with Crippen molar-refractivity contribution in [2.75, 3.05) is 0 Å². The predicted octanol–water partition coefficient (Wildman–Crippen LogP) is 3.40. The Morgan fingerprint density at radius 1 is 1.00 bits per heavy atom. The van der Waals surface area contributed by atoms with Crippen molar-refractivity contribution < 1.29 is 12.6 Å². The Morgan fingerprint density at radius 3 is 2.36 bits per heavy atom. The third-order valence-electron chi connectivity index (χ3n) is 2.92. The molecule has 0 radical (unpaired) electrons. The summed E-state index contributed by atoms with van der Waals surface area (Å²) in [5.74, 6) is 0.242. The summed E-state index contributed by atoms with van der Waals surface area (Å²) in [6.07, 6.45) is 3.47. The molecule has 0 atom stereocenters. The van der Waals surface area contributed by atoms with Crippen molar-refractivity contribution in [2.45, 2.75) is 4.90 Å². The van der Waals surface area contributed by atoms with E-state index >= 15 is 0 Å². The Bertz CT molecular complexity index is 875. The van der Waals surface area contributed by atoms with Gasteiger partial charge in [0.15, 0.2) is 0 Å². The van der Waals surface area contributed by atoms with Crippen LogP contribution in [0, 0.1) is 0 Å². The number of benzene rings is 2. The van der Waals surface area contributed by atoms with E-state index in [1.807, 2.05) is 6.07 Å². The van der Waals surface area contributed by atoms with Gasteiger partial charge in [0.1, 0.15) is 10.6 Å². The molecule has 5 nitrogen and oxygen atoms in total. The van der Waals surface area contributed by atoms with Gasteiger partial charge in [-0.1, -0.05) is 12.1 Å². The van der Waals surface area contributed by atoms with E-state index in [1.165, 1.54) is 6.07 Å². The molecule has 0 aliphatic carbocycles. The van der Waals surface area contributed by atoms with Gasteiger partial charge in [-0.15, -0.1) is 0 Å². The molecule has 0 aliphatic rings. The smallest absolute Gasteiger partial charge is 0.340 e. The third kappa shape index (κ3) is 3.05. The standard InChI is InChI=1S/C15H11BrN2O3S/c16-14-4-1-2-5-15(14)22(19,20)21-13-8-6-12(7-9-13)18-11-3-10-17-18/h1-11H. The highest BCUT2D eigenvalue weighted by Crippen LogP contribution is 2.25. The van der Waals surface area contributed by atoms with Gasteiger partial charge < -0.3 is 4.18 Å². The van der Waals surface area contributed by atoms with Gasteiger partial charge >= 0.3 is 10.1 Å². The first-order valence-electron chi connectivity index (χ1n) is 6.35. The van der Waals surface area contributed by atoms with E-state index in [0.717, 1.165) is 5.69 Å². The average molecular weight is 379 g/mol. The van der Waals surface area contributed by atoms with Crippen molar-refractivity contribution in [3.05, 3.63) is 71.5 Å². The molecule has 112 valence electrons. The van der Waals surface area contributed by atoms with Crippen LogP contribution in [0.15, 0.2) is 76.4 Å². The maximum absolute atomic E-state index is 12.3. The lowest BCUT2D eigenvalue weighted by Gasteiger charge is -2.09. The third-order valence-corrected chi connectivity index (χ3v) is 5.18. The number of rotatable bonds is 4. The first-order valence-corrected chi connectivity index (χ1v) is 8.55. The summed E-state index contributed by atoms with van der Waals surface area (Å²) in [5, 5.41) is 4.10. The second-order valence-electron chi connectivity index (χ2n) is 4.41. The van der Waals surface area contributed by atoms with Crippen LogP contribution in [-0.4, -0.2) is 18.2 Å². The molecule has 0 unspecified atom stereocenters. The van der Waals surface area contributed by atoms with E-state index in [0.29, 0.717) is 4.47 Å². The Balaban J connectivity index is 1.86. The molecular weight excluding hydrogens is 368 g/mol. The number of nitrogens with zero attached hydrogens (tertiary/aromatic N) is 2. The van der Waals surface area contributed by atoms with Crippen LogP contribution in [-0.2, 0) is 10.1 Å². The maximum Gasteiger partial charge on any atom is 0.340 e. The van der Waals surface area contributed by atoms with Crippen LogP contribution in [0.2, 0.25) is 0 Å². The fourth-order valence-electron chi connectivity index (χ4n) is 1.90. The molecule has 3 rings (SSSR count). The van der Waals surface area contributed by atoms with Crippen LogP contribution in [0.25, 0.3) is 5.69 Å². The molecule has 7 heteroatoms. The molecule has 0 saturated carbocycles. The molecule has 22 heavy (non-hydrogen) atoms. The molecule has 0 fully saturated rings. The molecular formula is C15H11BrN2O3S. The average Bonchev–Trinajstić information content (AvgIpc) is 3.02. The Morgan fingerprint density at radius 2 is 1.73 bits per heavy atom. The summed E-state index contributed by atoms with van der Waals surface area (Å²) < 4.78 is 31.8. The van der Waals surface area contributed by atoms with Gasteiger partial charge in [-0.2, -0.15) is 13.5 Å². The van der Waals surface area contributed by atoms with E-state index < -0.39 is 10.1 Å². The van der Waals surface area contributed by atoms with Crippen molar-refractivity contribution in [2.24, 2.45) is 0 Å². The van der Waals surface area contributed by atoms with Crippen LogP contribution < -0.4 is 4.18 Å². The molecule has 3 aromatic rings. The van der Waals surface area contributed by atoms with Crippen LogP contribution in [0.3, 0.4) is 0 Å². The second kappa shape index (κ2) is 5.94. The van der Waals surface area contributed by atoms with Gasteiger partial charge in [-0.3, -0.25) is 0 Å². The quantitative estimate of drug-likeness (QED) is 0.652. The summed E-state index contributed by atoms with van der Waals surface area (Å²) in [4.78, 5) is 0.0890. The summed E-state index contributed by atoms with van der Waals surface area (Å²) in [6, 6.07) is 15.0. The van der Waals surface area contributed by atoms with E-state index in [1.54, 1.807) is 59.5 Å². The van der Waals surface area contributed by atoms with Gasteiger partial charge in [-0.05, 0) is 58.4 Å². The minimum atomic E-state index is -3.88. The summed E-state index contributed by atoms with van der Waals surface area (Å²) in [7, 11) is -3.88. The number of hydrogen-bond acceptors (Lipinski definition) is 4. The monoisotopic (exact) mass is 378 g/mol. The zero-order chi connectivity index (χ0) is 15.6. The summed E-state index contributed by atoms with van der Waals surface area (Å²) >= 11 is 3.21. The van der Waals surface area contributed by atoms with E-state index in [-0.39, 0.29) is 10.6 Å². The molecule has 0 N–H and O–H groups in total. The van der Waals surface area contributed by atoms with Crippen LogP contribution >= 0.6 is 15.9 Å². The molecule has 0 saturated heterocycles. The zero-order valence-corrected chi connectivity index (χ0v) is 13.7. The summed E-state index contributed by atoms with van der Waals surface area (Å²) in [5.41, 5.74) is 0.815. The van der Waals surface area contributed by atoms with Crippen molar-refractivity contribution in [1.29, 1.82) is 0 Å². The van der Waals surface area contributed by atoms with Gasteiger partial charge in [-0.25, -0.2) is 4.68 Å². The van der Waals surface area contributed by atoms with Crippen LogP contribution in [0.4, 0.5) is 0 Å². The molecule has 0 amide bonds. The predicted molar refractivity (Wildman–Crippen MR) is 85.5 cm³/mol. The largest absolute Gasteiger partial charge is 0.379 e. The maximum atomic E-state index is 12.3. The van der Waals surface area contributed by atoms with Crippen molar-refractivity contribution in [1.82, 2.24) is 9.78 Å². The van der Waals surface area contributed by atoms with Gasteiger partial charge in [0, 0.05) is 16.9 Å². The van der Waals surface area contributed by atoms with Crippen LogP contribution in [0.5, 0.6) is 5.75 Å². The van der Waals surface area contributed by atoms with E-state index in [4.69, 9.17) is 4.18 Å². The Labute approximate surface area is 136 Å². The normalized spacial score (nSPS) is 11.3. The molecule has 0 aliphatic heterocycles. The molecule has 1 aromatic heterocycles. The lowest BCUT2D eigenvalue weighted by atomic mass is 10.3. The van der Waals surface area contributed by atoms with Crippen molar-refractivity contribution >= 4 is 26.0 Å². The fourth-order valence-corrected chi connectivity index (χ4v) is 3.78. The first kappa shape index (κ1) is 14.8. The van der Waals surface area contributed by atoms with Gasteiger partial charge in [0.25, 0.3) is 0 Å². The first-order chi connectivity index (χ1) is 10.6. The van der Waals surface area contributed by atoms with Crippen molar-refractivity contribution in [3.63, 3.8) is 0 Å². The second-order valence-corrected chi connectivity index (χ2v) is 6.78. The lowest BCUT2D eigenvalue weighted by Crippen LogP contribution is -2.10. The summed E-state index contributed by atoms with van der Waals surface area (Å²) in [6.45, 7) is 0. The van der Waals surface area contributed by atoms with E-state index in [2.05, 4.69) is 21.0 Å². The Kier molecular flexibility index (Phi) is 4.00. The van der Waals surface area contributed by atoms with Gasteiger partial charge in [0.05, 0.1) is 5.69 Å². The highest BCUT2D eigenvalue weighted by atomic mass is 79.9. The zero-order valence-electron chi connectivity index (χ0n) is 11.3. The SMILES string of the molecule is O=S(=O)(Oc1ccc(-n2cccn2)cc1)c1ccccc1Br. The number of aromatic nitrogens is 2. The van der Waals surface area contributed by atoms with Crippen molar-refractivity contribution in [3.8, 4) is 11.4 Å².